The maximum atomic E-state index is 12.7. The Morgan fingerprint density at radius 2 is 1.70 bits per heavy atom. The molecule has 2 nitrogen and oxygen atoms in total. The monoisotopic (exact) mass is 267 g/mol. The minimum absolute atomic E-state index is 0.0700. The normalized spacial score (nSPS) is 10.7. The molecule has 1 N–H and O–H groups in total. The second kappa shape index (κ2) is 5.91. The zero-order valence-corrected chi connectivity index (χ0v) is 12.5. The summed E-state index contributed by atoms with van der Waals surface area (Å²) in [4.78, 5) is 12.7. The lowest BCUT2D eigenvalue weighted by molar-refractivity contribution is 0.103. The maximum absolute atomic E-state index is 12.7. The van der Waals surface area contributed by atoms with Crippen LogP contribution in [-0.4, -0.2) is 11.8 Å². The molecule has 0 aliphatic rings. The highest BCUT2D eigenvalue weighted by Crippen LogP contribution is 2.26. The maximum Gasteiger partial charge on any atom is 0.195 e. The molecule has 0 amide bonds. The number of benzene rings is 2. The number of carbonyl (C=O) groups excluding carboxylic acids is 1. The van der Waals surface area contributed by atoms with Crippen LogP contribution < -0.4 is 5.32 Å². The van der Waals surface area contributed by atoms with Gasteiger partial charge in [0.15, 0.2) is 5.78 Å². The SMILES string of the molecule is Cc1cc(C)c(NC(C)C)c(C(=O)c2ccccc2)c1. The second-order valence-corrected chi connectivity index (χ2v) is 5.50. The number of hydrogen-bond donors (Lipinski definition) is 1. The van der Waals surface area contributed by atoms with E-state index >= 15 is 0 Å². The number of aryl methyl sites for hydroxylation is 2. The number of carbonyl (C=O) groups is 1. The van der Waals surface area contributed by atoms with Gasteiger partial charge < -0.3 is 5.32 Å². The third kappa shape index (κ3) is 3.08. The van der Waals surface area contributed by atoms with Gasteiger partial charge >= 0.3 is 0 Å². The molecule has 104 valence electrons. The van der Waals surface area contributed by atoms with E-state index in [0.29, 0.717) is 6.04 Å². The summed E-state index contributed by atoms with van der Waals surface area (Å²) in [5, 5.41) is 3.40. The third-order valence-electron chi connectivity index (χ3n) is 3.19. The Morgan fingerprint density at radius 1 is 1.05 bits per heavy atom. The molecule has 0 fully saturated rings. The van der Waals surface area contributed by atoms with Crippen LogP contribution in [0.3, 0.4) is 0 Å². The van der Waals surface area contributed by atoms with E-state index in [9.17, 15) is 4.79 Å². The summed E-state index contributed by atoms with van der Waals surface area (Å²) in [6.07, 6.45) is 0. The van der Waals surface area contributed by atoms with Crippen LogP contribution in [0, 0.1) is 13.8 Å². The van der Waals surface area contributed by atoms with Crippen molar-refractivity contribution in [3.63, 3.8) is 0 Å². The van der Waals surface area contributed by atoms with E-state index in [-0.39, 0.29) is 5.78 Å². The van der Waals surface area contributed by atoms with Crippen molar-refractivity contribution in [2.75, 3.05) is 5.32 Å². The lowest BCUT2D eigenvalue weighted by atomic mass is 9.96. The first-order chi connectivity index (χ1) is 9.49. The molecule has 0 saturated carbocycles. The Bertz CT molecular complexity index is 615. The average Bonchev–Trinajstić information content (AvgIpc) is 2.41. The molecule has 0 heterocycles. The van der Waals surface area contributed by atoms with Gasteiger partial charge in [-0.2, -0.15) is 0 Å². The number of rotatable bonds is 4. The molecule has 0 spiro atoms. The molecule has 2 rings (SSSR count). The van der Waals surface area contributed by atoms with Gasteiger partial charge in [0.1, 0.15) is 0 Å². The van der Waals surface area contributed by atoms with Crippen molar-refractivity contribution in [2.45, 2.75) is 33.7 Å². The van der Waals surface area contributed by atoms with Gasteiger partial charge in [0.05, 0.1) is 0 Å². The van der Waals surface area contributed by atoms with Crippen molar-refractivity contribution in [3.05, 3.63) is 64.7 Å². The zero-order chi connectivity index (χ0) is 14.7. The molecule has 0 aliphatic heterocycles. The molecule has 0 atom stereocenters. The lowest BCUT2D eigenvalue weighted by Gasteiger charge is -2.18. The van der Waals surface area contributed by atoms with Crippen LogP contribution in [-0.2, 0) is 0 Å². The molecule has 0 aromatic heterocycles. The van der Waals surface area contributed by atoms with Crippen LogP contribution in [0.1, 0.15) is 40.9 Å². The second-order valence-electron chi connectivity index (χ2n) is 5.50. The summed E-state index contributed by atoms with van der Waals surface area (Å²) >= 11 is 0. The lowest BCUT2D eigenvalue weighted by Crippen LogP contribution is -2.15. The van der Waals surface area contributed by atoms with Crippen LogP contribution in [0.25, 0.3) is 0 Å². The van der Waals surface area contributed by atoms with Gasteiger partial charge in [0, 0.05) is 22.9 Å². The molecule has 20 heavy (non-hydrogen) atoms. The summed E-state index contributed by atoms with van der Waals surface area (Å²) in [5.41, 5.74) is 4.64. The smallest absolute Gasteiger partial charge is 0.195 e. The Balaban J connectivity index is 2.52. The van der Waals surface area contributed by atoms with E-state index in [2.05, 4.69) is 25.2 Å². The Hall–Kier alpha value is -2.09. The molecule has 0 bridgehead atoms. The van der Waals surface area contributed by atoms with Gasteiger partial charge in [-0.3, -0.25) is 4.79 Å². The quantitative estimate of drug-likeness (QED) is 0.834. The number of hydrogen-bond acceptors (Lipinski definition) is 2. The fraction of sp³-hybridized carbons (Fsp3) is 0.278. The Labute approximate surface area is 120 Å². The molecule has 0 aliphatic carbocycles. The first-order valence-electron chi connectivity index (χ1n) is 6.96. The molecule has 2 heteroatoms. The van der Waals surface area contributed by atoms with Gasteiger partial charge in [-0.05, 0) is 44.9 Å². The minimum Gasteiger partial charge on any atom is -0.382 e. The van der Waals surface area contributed by atoms with Gasteiger partial charge in [0.25, 0.3) is 0 Å². The van der Waals surface area contributed by atoms with E-state index in [1.807, 2.05) is 50.2 Å². The molecular weight excluding hydrogens is 246 g/mol. The average molecular weight is 267 g/mol. The third-order valence-corrected chi connectivity index (χ3v) is 3.19. The topological polar surface area (TPSA) is 29.1 Å². The Morgan fingerprint density at radius 3 is 2.30 bits per heavy atom. The van der Waals surface area contributed by atoms with Crippen molar-refractivity contribution >= 4 is 11.5 Å². The highest BCUT2D eigenvalue weighted by molar-refractivity contribution is 6.12. The number of anilines is 1. The number of ketones is 1. The summed E-state index contributed by atoms with van der Waals surface area (Å²) < 4.78 is 0. The standard InChI is InChI=1S/C18H21NO/c1-12(2)19-17-14(4)10-13(3)11-16(17)18(20)15-8-6-5-7-9-15/h5-12,19H,1-4H3. The highest BCUT2D eigenvalue weighted by atomic mass is 16.1. The predicted octanol–water partition coefficient (Wildman–Crippen LogP) is 4.35. The summed E-state index contributed by atoms with van der Waals surface area (Å²) in [5.74, 6) is 0.0700. The molecule has 0 unspecified atom stereocenters. The zero-order valence-electron chi connectivity index (χ0n) is 12.5. The van der Waals surface area contributed by atoms with Crippen LogP contribution in [0.4, 0.5) is 5.69 Å². The molecule has 2 aromatic rings. The van der Waals surface area contributed by atoms with Gasteiger partial charge in [0.2, 0.25) is 0 Å². The van der Waals surface area contributed by atoms with Crippen LogP contribution in [0.5, 0.6) is 0 Å². The van der Waals surface area contributed by atoms with Crippen molar-refractivity contribution in [1.29, 1.82) is 0 Å². The van der Waals surface area contributed by atoms with Gasteiger partial charge in [-0.25, -0.2) is 0 Å². The first kappa shape index (κ1) is 14.3. The van der Waals surface area contributed by atoms with E-state index in [0.717, 1.165) is 27.9 Å². The van der Waals surface area contributed by atoms with E-state index in [1.165, 1.54) is 0 Å². The molecular formula is C18H21NO. The summed E-state index contributed by atoms with van der Waals surface area (Å²) in [6.45, 7) is 8.22. The highest BCUT2D eigenvalue weighted by Gasteiger charge is 2.16. The van der Waals surface area contributed by atoms with Crippen molar-refractivity contribution in [1.82, 2.24) is 0 Å². The van der Waals surface area contributed by atoms with Crippen LogP contribution in [0.15, 0.2) is 42.5 Å². The first-order valence-corrected chi connectivity index (χ1v) is 6.96. The molecule has 2 aromatic carbocycles. The van der Waals surface area contributed by atoms with Gasteiger partial charge in [-0.1, -0.05) is 36.4 Å². The predicted molar refractivity (Wildman–Crippen MR) is 84.5 cm³/mol. The Kier molecular flexibility index (Phi) is 4.23. The van der Waals surface area contributed by atoms with Crippen LogP contribution >= 0.6 is 0 Å². The van der Waals surface area contributed by atoms with Crippen molar-refractivity contribution < 1.29 is 4.79 Å². The number of nitrogens with one attached hydrogen (secondary N) is 1. The van der Waals surface area contributed by atoms with Crippen molar-refractivity contribution in [2.24, 2.45) is 0 Å². The van der Waals surface area contributed by atoms with Gasteiger partial charge in [-0.15, -0.1) is 0 Å². The van der Waals surface area contributed by atoms with Crippen molar-refractivity contribution in [3.8, 4) is 0 Å². The largest absolute Gasteiger partial charge is 0.382 e. The fourth-order valence-corrected chi connectivity index (χ4v) is 2.37. The minimum atomic E-state index is 0.0700. The van der Waals surface area contributed by atoms with E-state index in [1.54, 1.807) is 0 Å². The molecule has 0 saturated heterocycles. The fourth-order valence-electron chi connectivity index (χ4n) is 2.37. The van der Waals surface area contributed by atoms with Crippen LogP contribution in [0.2, 0.25) is 0 Å². The van der Waals surface area contributed by atoms with E-state index in [4.69, 9.17) is 0 Å². The molecule has 0 radical (unpaired) electrons. The summed E-state index contributed by atoms with van der Waals surface area (Å²) in [7, 11) is 0. The summed E-state index contributed by atoms with van der Waals surface area (Å²) in [6, 6.07) is 13.8. The van der Waals surface area contributed by atoms with E-state index < -0.39 is 0 Å².